The molecule has 1 N–H and O–H groups in total. The Kier molecular flexibility index (Phi) is 4.28. The van der Waals surface area contributed by atoms with Crippen LogP contribution in [0, 0.1) is 10.1 Å². The molecule has 2 amide bonds. The molecule has 1 atom stereocenters. The molecule has 2 heterocycles. The Bertz CT molecular complexity index is 771. The van der Waals surface area contributed by atoms with Crippen LogP contribution in [0.5, 0.6) is 0 Å². The highest BCUT2D eigenvalue weighted by molar-refractivity contribution is 5.96. The van der Waals surface area contributed by atoms with Crippen molar-refractivity contribution in [2.24, 2.45) is 0 Å². The Balaban J connectivity index is 1.60. The molecular weight excluding hydrogens is 314 g/mol. The summed E-state index contributed by atoms with van der Waals surface area (Å²) in [5.41, 5.74) is 1.01. The summed E-state index contributed by atoms with van der Waals surface area (Å²) in [6, 6.07) is 11.2. The van der Waals surface area contributed by atoms with Crippen molar-refractivity contribution >= 4 is 17.7 Å². The van der Waals surface area contributed by atoms with Gasteiger partial charge in [0.1, 0.15) is 11.0 Å². The lowest BCUT2D eigenvalue weighted by atomic mass is 10.2. The summed E-state index contributed by atoms with van der Waals surface area (Å²) in [5, 5.41) is 13.1. The average Bonchev–Trinajstić information content (AvgIpc) is 3.19. The van der Waals surface area contributed by atoms with Gasteiger partial charge in [0.25, 0.3) is 5.91 Å². The zero-order valence-corrected chi connectivity index (χ0v) is 12.7. The number of nitrogens with one attached hydrogen (secondary N) is 1. The normalized spacial score (nSPS) is 17.1. The van der Waals surface area contributed by atoms with Gasteiger partial charge in [-0.15, -0.1) is 0 Å². The molecule has 0 bridgehead atoms. The predicted molar refractivity (Wildman–Crippen MR) is 83.1 cm³/mol. The third-order valence-electron chi connectivity index (χ3n) is 3.81. The molecule has 2 aromatic rings. The van der Waals surface area contributed by atoms with E-state index in [1.54, 1.807) is 4.90 Å². The van der Waals surface area contributed by atoms with Crippen molar-refractivity contribution < 1.29 is 18.9 Å². The number of nitro groups is 1. The first-order valence-corrected chi connectivity index (χ1v) is 7.42. The molecule has 1 aromatic heterocycles. The Morgan fingerprint density at radius 1 is 1.29 bits per heavy atom. The Labute approximate surface area is 137 Å². The number of rotatable bonds is 5. The topological polar surface area (TPSA) is 106 Å². The van der Waals surface area contributed by atoms with Crippen LogP contribution in [-0.4, -0.2) is 34.2 Å². The molecule has 1 saturated heterocycles. The van der Waals surface area contributed by atoms with E-state index in [-0.39, 0.29) is 11.7 Å². The monoisotopic (exact) mass is 329 g/mol. The molecule has 1 aliphatic rings. The lowest BCUT2D eigenvalue weighted by Crippen LogP contribution is -2.41. The van der Waals surface area contributed by atoms with Crippen molar-refractivity contribution in [2.75, 3.05) is 6.54 Å². The molecule has 1 fully saturated rings. The molecular formula is C16H15N3O5. The largest absolute Gasteiger partial charge is 0.433 e. The number of furan rings is 1. The fourth-order valence-corrected chi connectivity index (χ4v) is 2.61. The predicted octanol–water partition coefficient (Wildman–Crippen LogP) is 1.72. The first-order valence-electron chi connectivity index (χ1n) is 7.42. The van der Waals surface area contributed by atoms with Gasteiger partial charge < -0.3 is 14.6 Å². The Hall–Kier alpha value is -3.16. The quantitative estimate of drug-likeness (QED) is 0.664. The van der Waals surface area contributed by atoms with Crippen LogP contribution < -0.4 is 5.32 Å². The molecule has 0 saturated carbocycles. The van der Waals surface area contributed by atoms with Crippen molar-refractivity contribution in [2.45, 2.75) is 19.0 Å². The van der Waals surface area contributed by atoms with E-state index < -0.39 is 22.8 Å². The van der Waals surface area contributed by atoms with Gasteiger partial charge in [-0.1, -0.05) is 30.3 Å². The summed E-state index contributed by atoms with van der Waals surface area (Å²) in [5.74, 6) is -1.50. The zero-order valence-electron chi connectivity index (χ0n) is 12.7. The molecule has 0 aliphatic carbocycles. The summed E-state index contributed by atoms with van der Waals surface area (Å²) in [4.78, 5) is 35.9. The second-order valence-corrected chi connectivity index (χ2v) is 5.46. The number of amides is 2. The first kappa shape index (κ1) is 15.7. The summed E-state index contributed by atoms with van der Waals surface area (Å²) in [6.45, 7) is 1.02. The van der Waals surface area contributed by atoms with E-state index in [0.29, 0.717) is 19.5 Å². The summed E-state index contributed by atoms with van der Waals surface area (Å²) < 4.78 is 4.84. The minimum absolute atomic E-state index is 0.173. The van der Waals surface area contributed by atoms with Gasteiger partial charge in [-0.3, -0.25) is 19.7 Å². The van der Waals surface area contributed by atoms with Gasteiger partial charge in [0.2, 0.25) is 5.91 Å². The van der Waals surface area contributed by atoms with Gasteiger partial charge in [0.15, 0.2) is 5.76 Å². The van der Waals surface area contributed by atoms with Gasteiger partial charge in [-0.2, -0.15) is 0 Å². The van der Waals surface area contributed by atoms with Gasteiger partial charge >= 0.3 is 5.88 Å². The van der Waals surface area contributed by atoms with Crippen LogP contribution in [0.3, 0.4) is 0 Å². The van der Waals surface area contributed by atoms with E-state index >= 15 is 0 Å². The standard InChI is InChI=1S/C16H15N3O5/c20-15(13-6-7-14(24-13)19(22)23)17-12-8-9-18(16(12)21)10-11-4-2-1-3-5-11/h1-7,12H,8-10H2,(H,17,20). The molecule has 24 heavy (non-hydrogen) atoms. The lowest BCUT2D eigenvalue weighted by molar-refractivity contribution is -0.402. The van der Waals surface area contributed by atoms with Gasteiger partial charge in [0, 0.05) is 13.1 Å². The Morgan fingerprint density at radius 3 is 2.71 bits per heavy atom. The minimum atomic E-state index is -0.723. The first-order chi connectivity index (χ1) is 11.5. The van der Waals surface area contributed by atoms with Crippen LogP contribution in [0.2, 0.25) is 0 Å². The molecule has 124 valence electrons. The fraction of sp³-hybridized carbons (Fsp3) is 0.250. The van der Waals surface area contributed by atoms with Crippen LogP contribution in [0.1, 0.15) is 22.5 Å². The molecule has 3 rings (SSSR count). The van der Waals surface area contributed by atoms with E-state index in [9.17, 15) is 19.7 Å². The van der Waals surface area contributed by atoms with E-state index in [1.165, 1.54) is 6.07 Å². The maximum atomic E-state index is 12.4. The van der Waals surface area contributed by atoms with Crippen LogP contribution in [0.25, 0.3) is 0 Å². The van der Waals surface area contributed by atoms with Crippen molar-refractivity contribution in [3.63, 3.8) is 0 Å². The summed E-state index contributed by atoms with van der Waals surface area (Å²) in [7, 11) is 0. The van der Waals surface area contributed by atoms with Gasteiger partial charge in [-0.25, -0.2) is 0 Å². The van der Waals surface area contributed by atoms with Crippen LogP contribution >= 0.6 is 0 Å². The second kappa shape index (κ2) is 6.53. The van der Waals surface area contributed by atoms with E-state index in [0.717, 1.165) is 11.6 Å². The van der Waals surface area contributed by atoms with Crippen LogP contribution in [-0.2, 0) is 11.3 Å². The second-order valence-electron chi connectivity index (χ2n) is 5.46. The van der Waals surface area contributed by atoms with E-state index in [1.807, 2.05) is 30.3 Å². The molecule has 8 nitrogen and oxygen atoms in total. The lowest BCUT2D eigenvalue weighted by Gasteiger charge is -2.17. The Morgan fingerprint density at radius 2 is 2.04 bits per heavy atom. The summed E-state index contributed by atoms with van der Waals surface area (Å²) in [6.07, 6.45) is 0.486. The van der Waals surface area contributed by atoms with E-state index in [4.69, 9.17) is 4.42 Å². The number of hydrogen-bond acceptors (Lipinski definition) is 5. The van der Waals surface area contributed by atoms with Crippen molar-refractivity contribution in [3.8, 4) is 0 Å². The number of likely N-dealkylation sites (tertiary alicyclic amines) is 1. The molecule has 0 radical (unpaired) electrons. The highest BCUT2D eigenvalue weighted by Gasteiger charge is 2.33. The van der Waals surface area contributed by atoms with Crippen molar-refractivity contribution in [1.29, 1.82) is 0 Å². The fourth-order valence-electron chi connectivity index (χ4n) is 2.61. The van der Waals surface area contributed by atoms with Crippen LogP contribution in [0.4, 0.5) is 5.88 Å². The maximum Gasteiger partial charge on any atom is 0.433 e. The smallest absolute Gasteiger partial charge is 0.395 e. The average molecular weight is 329 g/mol. The third kappa shape index (κ3) is 3.27. The van der Waals surface area contributed by atoms with Crippen molar-refractivity contribution in [1.82, 2.24) is 10.2 Å². The molecule has 0 spiro atoms. The van der Waals surface area contributed by atoms with Gasteiger partial charge in [0.05, 0.1) is 6.07 Å². The molecule has 1 unspecified atom stereocenters. The molecule has 1 aromatic carbocycles. The van der Waals surface area contributed by atoms with Crippen molar-refractivity contribution in [3.05, 3.63) is 63.9 Å². The van der Waals surface area contributed by atoms with Crippen LogP contribution in [0.15, 0.2) is 46.9 Å². The number of benzene rings is 1. The molecule has 8 heteroatoms. The minimum Gasteiger partial charge on any atom is -0.395 e. The van der Waals surface area contributed by atoms with Gasteiger partial charge in [-0.05, 0) is 18.1 Å². The third-order valence-corrected chi connectivity index (χ3v) is 3.81. The number of carbonyl (C=O) groups is 2. The number of carbonyl (C=O) groups excluding carboxylic acids is 2. The van der Waals surface area contributed by atoms with E-state index in [2.05, 4.69) is 5.32 Å². The number of nitrogens with zero attached hydrogens (tertiary/aromatic N) is 2. The molecule has 1 aliphatic heterocycles. The number of hydrogen-bond donors (Lipinski definition) is 1. The maximum absolute atomic E-state index is 12.4. The zero-order chi connectivity index (χ0) is 17.1. The highest BCUT2D eigenvalue weighted by Crippen LogP contribution is 2.18. The SMILES string of the molecule is O=C(NC1CCN(Cc2ccccc2)C1=O)c1ccc([N+](=O)[O-])o1. The summed E-state index contributed by atoms with van der Waals surface area (Å²) >= 11 is 0. The highest BCUT2D eigenvalue weighted by atomic mass is 16.6.